The van der Waals surface area contributed by atoms with E-state index in [-0.39, 0.29) is 24.0 Å². The van der Waals surface area contributed by atoms with Gasteiger partial charge in [0.2, 0.25) is 0 Å². The second kappa shape index (κ2) is 11.9. The number of carbonyl (C=O) groups is 1. The first-order chi connectivity index (χ1) is 17.3. The van der Waals surface area contributed by atoms with Crippen LogP contribution in [0.3, 0.4) is 0 Å². The second-order valence-corrected chi connectivity index (χ2v) is 10.6. The Balaban J connectivity index is 1.71. The number of morpholine rings is 1. The zero-order valence-electron chi connectivity index (χ0n) is 19.8. The highest BCUT2D eigenvalue weighted by atomic mass is 79.9. The number of fused-ring (bicyclic) bond motifs is 1. The maximum Gasteiger partial charge on any atom is 0.282 e. The third-order valence-corrected chi connectivity index (χ3v) is 7.24. The maximum absolute atomic E-state index is 13.4. The van der Waals surface area contributed by atoms with Gasteiger partial charge in [-0.2, -0.15) is 9.78 Å². The number of nitrogens with zero attached hydrogens (tertiary/aromatic N) is 4. The summed E-state index contributed by atoms with van der Waals surface area (Å²) in [5.41, 5.74) is 0.848. The smallest absolute Gasteiger partial charge is 0.282 e. The molecule has 1 saturated heterocycles. The van der Waals surface area contributed by atoms with Gasteiger partial charge in [-0.1, -0.05) is 41.4 Å². The SMILES string of the molecule is CC[C@@H](C)c1nc2ccc(Br)cc2c(=O)n1N=Cc1cc(Cl)cc(Br)c1OCC(=O)N1CCOCC1. The van der Waals surface area contributed by atoms with Gasteiger partial charge < -0.3 is 14.4 Å². The number of benzene rings is 2. The molecule has 1 aromatic heterocycles. The molecule has 8 nitrogen and oxygen atoms in total. The fourth-order valence-electron chi connectivity index (χ4n) is 3.77. The minimum Gasteiger partial charge on any atom is -0.482 e. The molecule has 1 aliphatic heterocycles. The van der Waals surface area contributed by atoms with Crippen LogP contribution in [-0.4, -0.2) is 59.6 Å². The van der Waals surface area contributed by atoms with Crippen molar-refractivity contribution in [2.45, 2.75) is 26.2 Å². The van der Waals surface area contributed by atoms with Crippen molar-refractivity contribution in [2.75, 3.05) is 32.9 Å². The van der Waals surface area contributed by atoms with Gasteiger partial charge in [0, 0.05) is 34.1 Å². The van der Waals surface area contributed by atoms with Crippen LogP contribution >= 0.6 is 43.5 Å². The van der Waals surface area contributed by atoms with Gasteiger partial charge >= 0.3 is 0 Å². The minimum atomic E-state index is -0.279. The van der Waals surface area contributed by atoms with Gasteiger partial charge in [-0.05, 0) is 52.7 Å². The van der Waals surface area contributed by atoms with Crippen molar-refractivity contribution < 1.29 is 14.3 Å². The fourth-order valence-corrected chi connectivity index (χ4v) is 5.07. The van der Waals surface area contributed by atoms with Gasteiger partial charge in [-0.25, -0.2) is 4.98 Å². The van der Waals surface area contributed by atoms with Crippen LogP contribution in [0, 0.1) is 0 Å². The number of carbonyl (C=O) groups excluding carboxylic acids is 1. The fraction of sp³-hybridized carbons (Fsp3) is 0.360. The Morgan fingerprint density at radius 3 is 2.75 bits per heavy atom. The summed E-state index contributed by atoms with van der Waals surface area (Å²) in [5.74, 6) is 0.817. The first-order valence-corrected chi connectivity index (χ1v) is 13.5. The van der Waals surface area contributed by atoms with Crippen molar-refractivity contribution in [1.82, 2.24) is 14.6 Å². The minimum absolute atomic E-state index is 0.00383. The van der Waals surface area contributed by atoms with Gasteiger partial charge in [0.05, 0.1) is 34.8 Å². The van der Waals surface area contributed by atoms with E-state index in [0.29, 0.717) is 63.8 Å². The van der Waals surface area contributed by atoms with Crippen LogP contribution in [0.1, 0.15) is 37.6 Å². The molecule has 1 aliphatic rings. The molecule has 2 heterocycles. The van der Waals surface area contributed by atoms with E-state index < -0.39 is 0 Å². The van der Waals surface area contributed by atoms with Crippen molar-refractivity contribution in [1.29, 1.82) is 0 Å². The van der Waals surface area contributed by atoms with E-state index in [1.807, 2.05) is 26.0 Å². The van der Waals surface area contributed by atoms with Crippen LogP contribution < -0.4 is 10.3 Å². The number of hydrogen-bond donors (Lipinski definition) is 0. The number of hydrogen-bond acceptors (Lipinski definition) is 6. The number of amides is 1. The predicted octanol–water partition coefficient (Wildman–Crippen LogP) is 5.21. The van der Waals surface area contributed by atoms with Crippen LogP contribution in [0.2, 0.25) is 5.02 Å². The molecule has 0 spiro atoms. The summed E-state index contributed by atoms with van der Waals surface area (Å²) in [4.78, 5) is 32.5. The average Bonchev–Trinajstić information content (AvgIpc) is 2.87. The van der Waals surface area contributed by atoms with E-state index in [2.05, 4.69) is 37.0 Å². The first kappa shape index (κ1) is 26.8. The van der Waals surface area contributed by atoms with Crippen molar-refractivity contribution in [3.8, 4) is 5.75 Å². The number of aromatic nitrogens is 2. The van der Waals surface area contributed by atoms with Crippen LogP contribution in [0.15, 0.2) is 49.2 Å². The summed E-state index contributed by atoms with van der Waals surface area (Å²) in [5, 5.41) is 5.42. The standard InChI is InChI=1S/C25H25Br2ClN4O4/c1-3-15(2)24-30-21-5-4-17(26)11-19(21)25(34)32(24)29-13-16-10-18(28)12-20(27)23(16)36-14-22(33)31-6-8-35-9-7-31/h4-5,10-13,15H,3,6-9,14H2,1-2H3/t15-/m1/s1. The summed E-state index contributed by atoms with van der Waals surface area (Å²) in [6.45, 7) is 5.97. The average molecular weight is 641 g/mol. The molecular formula is C25H25Br2ClN4O4. The predicted molar refractivity (Wildman–Crippen MR) is 147 cm³/mol. The highest BCUT2D eigenvalue weighted by Crippen LogP contribution is 2.32. The van der Waals surface area contributed by atoms with Crippen LogP contribution in [-0.2, 0) is 9.53 Å². The van der Waals surface area contributed by atoms with Crippen molar-refractivity contribution in [3.05, 3.63) is 66.0 Å². The highest BCUT2D eigenvalue weighted by molar-refractivity contribution is 9.10. The van der Waals surface area contributed by atoms with E-state index in [0.717, 1.165) is 10.9 Å². The summed E-state index contributed by atoms with van der Waals surface area (Å²) >= 11 is 13.2. The lowest BCUT2D eigenvalue weighted by Gasteiger charge is -2.26. The Labute approximate surface area is 230 Å². The van der Waals surface area contributed by atoms with E-state index in [1.165, 1.54) is 10.9 Å². The van der Waals surface area contributed by atoms with Crippen LogP contribution in [0.5, 0.6) is 5.75 Å². The maximum atomic E-state index is 13.4. The van der Waals surface area contributed by atoms with Crippen molar-refractivity contribution in [2.24, 2.45) is 5.10 Å². The Morgan fingerprint density at radius 1 is 1.28 bits per heavy atom. The highest BCUT2D eigenvalue weighted by Gasteiger charge is 2.20. The van der Waals surface area contributed by atoms with Gasteiger partial charge in [0.25, 0.3) is 11.5 Å². The number of ether oxygens (including phenoxy) is 2. The van der Waals surface area contributed by atoms with Gasteiger partial charge in [-0.15, -0.1) is 0 Å². The zero-order valence-corrected chi connectivity index (χ0v) is 23.8. The van der Waals surface area contributed by atoms with Crippen molar-refractivity contribution >= 4 is 66.5 Å². The molecule has 0 saturated carbocycles. The summed E-state index contributed by atoms with van der Waals surface area (Å²) in [7, 11) is 0. The molecule has 2 aromatic carbocycles. The van der Waals surface area contributed by atoms with E-state index >= 15 is 0 Å². The molecule has 3 aromatic rings. The molecule has 0 radical (unpaired) electrons. The Kier molecular flexibility index (Phi) is 8.82. The summed E-state index contributed by atoms with van der Waals surface area (Å²) in [6, 6.07) is 8.75. The number of halogens is 3. The molecule has 190 valence electrons. The molecule has 1 fully saturated rings. The Hall–Kier alpha value is -2.27. The molecule has 0 unspecified atom stereocenters. The lowest BCUT2D eigenvalue weighted by atomic mass is 10.1. The monoisotopic (exact) mass is 638 g/mol. The van der Waals surface area contributed by atoms with Gasteiger partial charge in [0.15, 0.2) is 6.61 Å². The second-order valence-electron chi connectivity index (χ2n) is 8.39. The largest absolute Gasteiger partial charge is 0.482 e. The molecule has 11 heteroatoms. The summed E-state index contributed by atoms with van der Waals surface area (Å²) < 4.78 is 13.9. The molecule has 0 aliphatic carbocycles. The molecule has 1 amide bonds. The lowest BCUT2D eigenvalue weighted by molar-refractivity contribution is -0.137. The Morgan fingerprint density at radius 2 is 2.03 bits per heavy atom. The molecule has 4 rings (SSSR count). The van der Waals surface area contributed by atoms with Crippen LogP contribution in [0.4, 0.5) is 0 Å². The van der Waals surface area contributed by atoms with E-state index in [9.17, 15) is 9.59 Å². The van der Waals surface area contributed by atoms with Gasteiger partial charge in [0.1, 0.15) is 11.6 Å². The third kappa shape index (κ3) is 5.99. The molecule has 0 bridgehead atoms. The topological polar surface area (TPSA) is 86.0 Å². The molecule has 36 heavy (non-hydrogen) atoms. The van der Waals surface area contributed by atoms with Crippen molar-refractivity contribution in [3.63, 3.8) is 0 Å². The summed E-state index contributed by atoms with van der Waals surface area (Å²) in [6.07, 6.45) is 2.29. The van der Waals surface area contributed by atoms with Crippen LogP contribution in [0.25, 0.3) is 10.9 Å². The lowest BCUT2D eigenvalue weighted by Crippen LogP contribution is -2.43. The van der Waals surface area contributed by atoms with Gasteiger partial charge in [-0.3, -0.25) is 9.59 Å². The normalized spacial score (nSPS) is 15.0. The van der Waals surface area contributed by atoms with E-state index in [1.54, 1.807) is 23.1 Å². The van der Waals surface area contributed by atoms with E-state index in [4.69, 9.17) is 26.1 Å². The molecule has 0 N–H and O–H groups in total. The molecular weight excluding hydrogens is 616 g/mol. The third-order valence-electron chi connectivity index (χ3n) is 5.94. The first-order valence-electron chi connectivity index (χ1n) is 11.5. The Bertz CT molecular complexity index is 1370. The number of rotatable bonds is 7. The molecule has 1 atom stereocenters. The zero-order chi connectivity index (χ0) is 25.8. The quantitative estimate of drug-likeness (QED) is 0.331.